The first-order chi connectivity index (χ1) is 7.54. The van der Waals surface area contributed by atoms with Gasteiger partial charge in [0.15, 0.2) is 0 Å². The highest BCUT2D eigenvalue weighted by Crippen LogP contribution is 2.37. The monoisotopic (exact) mass is 222 g/mol. The molecule has 4 unspecified atom stereocenters. The second kappa shape index (κ2) is 6.47. The molecule has 1 fully saturated rings. The van der Waals surface area contributed by atoms with E-state index >= 15 is 0 Å². The van der Waals surface area contributed by atoms with Crippen LogP contribution in [-0.4, -0.2) is 0 Å². The van der Waals surface area contributed by atoms with Gasteiger partial charge in [-0.3, -0.25) is 0 Å². The molecule has 0 aromatic carbocycles. The number of hydrogen-bond donors (Lipinski definition) is 0. The largest absolute Gasteiger partial charge is 0.103 e. The van der Waals surface area contributed by atoms with Gasteiger partial charge in [0.2, 0.25) is 0 Å². The summed E-state index contributed by atoms with van der Waals surface area (Å²) in [6, 6.07) is 0. The van der Waals surface area contributed by atoms with Crippen molar-refractivity contribution in [1.29, 1.82) is 0 Å². The molecule has 0 amide bonds. The predicted molar refractivity (Wildman–Crippen MR) is 73.4 cm³/mol. The molecule has 1 rings (SSSR count). The van der Waals surface area contributed by atoms with E-state index in [-0.39, 0.29) is 0 Å². The van der Waals surface area contributed by atoms with Gasteiger partial charge < -0.3 is 0 Å². The summed E-state index contributed by atoms with van der Waals surface area (Å²) in [5, 5.41) is 0. The fourth-order valence-electron chi connectivity index (χ4n) is 2.95. The molecule has 0 N–H and O–H groups in total. The van der Waals surface area contributed by atoms with E-state index in [9.17, 15) is 0 Å². The lowest BCUT2D eigenvalue weighted by atomic mass is 9.72. The third-order valence-electron chi connectivity index (χ3n) is 4.85. The maximum atomic E-state index is 3.94. The molecule has 0 spiro atoms. The fraction of sp³-hybridized carbons (Fsp3) is 0.875. The zero-order valence-electron chi connectivity index (χ0n) is 11.7. The normalized spacial score (nSPS) is 32.7. The molecule has 0 heterocycles. The topological polar surface area (TPSA) is 0 Å². The molecule has 0 bridgehead atoms. The van der Waals surface area contributed by atoms with Crippen molar-refractivity contribution in [2.75, 3.05) is 0 Å². The molecule has 0 aliphatic heterocycles. The van der Waals surface area contributed by atoms with Gasteiger partial charge in [-0.05, 0) is 55.3 Å². The molecule has 0 heteroatoms. The van der Waals surface area contributed by atoms with E-state index in [2.05, 4.69) is 40.3 Å². The number of rotatable bonds is 5. The van der Waals surface area contributed by atoms with Crippen LogP contribution in [0.5, 0.6) is 0 Å². The van der Waals surface area contributed by atoms with E-state index in [4.69, 9.17) is 0 Å². The summed E-state index contributed by atoms with van der Waals surface area (Å²) < 4.78 is 0. The van der Waals surface area contributed by atoms with Crippen molar-refractivity contribution in [2.24, 2.45) is 29.6 Å². The van der Waals surface area contributed by atoms with E-state index in [0.717, 1.165) is 29.6 Å². The molecule has 1 saturated carbocycles. The summed E-state index contributed by atoms with van der Waals surface area (Å²) in [5.74, 6) is 4.44. The van der Waals surface area contributed by atoms with Gasteiger partial charge in [0.25, 0.3) is 0 Å². The molecule has 1 aliphatic carbocycles. The summed E-state index contributed by atoms with van der Waals surface area (Å²) in [6.45, 7) is 13.5. The molecule has 16 heavy (non-hydrogen) atoms. The van der Waals surface area contributed by atoms with Gasteiger partial charge >= 0.3 is 0 Å². The van der Waals surface area contributed by atoms with Crippen molar-refractivity contribution in [3.8, 4) is 0 Å². The Morgan fingerprint density at radius 1 is 1.25 bits per heavy atom. The Kier molecular flexibility index (Phi) is 5.58. The Hall–Kier alpha value is -0.260. The first-order valence-corrected chi connectivity index (χ1v) is 7.17. The lowest BCUT2D eigenvalue weighted by Crippen LogP contribution is -2.22. The summed E-state index contributed by atoms with van der Waals surface area (Å²) >= 11 is 0. The van der Waals surface area contributed by atoms with Crippen LogP contribution in [-0.2, 0) is 0 Å². The van der Waals surface area contributed by atoms with Gasteiger partial charge in [0.05, 0.1) is 0 Å². The lowest BCUT2D eigenvalue weighted by Gasteiger charge is -2.33. The van der Waals surface area contributed by atoms with Gasteiger partial charge in [-0.25, -0.2) is 0 Å². The van der Waals surface area contributed by atoms with Gasteiger partial charge in [0, 0.05) is 0 Å². The van der Waals surface area contributed by atoms with E-state index in [1.54, 1.807) is 0 Å². The van der Waals surface area contributed by atoms with E-state index in [1.807, 2.05) is 0 Å². The summed E-state index contributed by atoms with van der Waals surface area (Å²) in [6.07, 6.45) is 9.24. The van der Waals surface area contributed by atoms with Crippen LogP contribution in [0.3, 0.4) is 0 Å². The number of allylic oxidation sites excluding steroid dienone is 1. The fourth-order valence-corrected chi connectivity index (χ4v) is 2.95. The minimum absolute atomic E-state index is 0.800. The second-order valence-electron chi connectivity index (χ2n) is 6.34. The quantitative estimate of drug-likeness (QED) is 0.554. The van der Waals surface area contributed by atoms with Crippen molar-refractivity contribution < 1.29 is 0 Å². The Labute approximate surface area is 103 Å². The smallest absolute Gasteiger partial charge is 0.0233 e. The highest BCUT2D eigenvalue weighted by molar-refractivity contribution is 4.87. The Morgan fingerprint density at radius 3 is 2.44 bits per heavy atom. The van der Waals surface area contributed by atoms with Gasteiger partial charge in [-0.2, -0.15) is 0 Å². The minimum atomic E-state index is 0.800. The van der Waals surface area contributed by atoms with Crippen LogP contribution in [0.1, 0.15) is 59.8 Å². The molecule has 0 aromatic heterocycles. The lowest BCUT2D eigenvalue weighted by molar-refractivity contribution is 0.192. The molecule has 94 valence electrons. The zero-order valence-corrected chi connectivity index (χ0v) is 11.7. The zero-order chi connectivity index (χ0) is 12.1. The highest BCUT2D eigenvalue weighted by Gasteiger charge is 2.26. The molecule has 0 saturated heterocycles. The predicted octanol–water partition coefficient (Wildman–Crippen LogP) is 5.30. The Bertz CT molecular complexity index is 204. The van der Waals surface area contributed by atoms with Gasteiger partial charge in [-0.15, -0.1) is 6.58 Å². The van der Waals surface area contributed by atoms with E-state index < -0.39 is 0 Å². The van der Waals surface area contributed by atoms with Crippen LogP contribution in [0.25, 0.3) is 0 Å². The van der Waals surface area contributed by atoms with Crippen LogP contribution in [0.15, 0.2) is 12.7 Å². The summed E-state index contributed by atoms with van der Waals surface area (Å²) in [7, 11) is 0. The summed E-state index contributed by atoms with van der Waals surface area (Å²) in [4.78, 5) is 0. The van der Waals surface area contributed by atoms with E-state index in [0.29, 0.717) is 0 Å². The molecular weight excluding hydrogens is 192 g/mol. The third-order valence-corrected chi connectivity index (χ3v) is 4.85. The van der Waals surface area contributed by atoms with Crippen LogP contribution >= 0.6 is 0 Å². The Balaban J connectivity index is 2.30. The molecule has 1 aliphatic rings. The van der Waals surface area contributed by atoms with Crippen molar-refractivity contribution in [3.63, 3.8) is 0 Å². The Morgan fingerprint density at radius 2 is 1.94 bits per heavy atom. The maximum absolute atomic E-state index is 3.94. The van der Waals surface area contributed by atoms with Crippen LogP contribution in [0.4, 0.5) is 0 Å². The standard InChI is InChI=1S/C16H30/c1-6-15-8-10-16(14(5)11-15)9-7-13(4)12(2)3/h6,12-16H,1,7-11H2,2-5H3. The van der Waals surface area contributed by atoms with Crippen LogP contribution in [0, 0.1) is 29.6 Å². The molecule has 0 aromatic rings. The van der Waals surface area contributed by atoms with Crippen molar-refractivity contribution in [1.82, 2.24) is 0 Å². The van der Waals surface area contributed by atoms with Gasteiger partial charge in [-0.1, -0.05) is 40.2 Å². The van der Waals surface area contributed by atoms with Crippen molar-refractivity contribution in [2.45, 2.75) is 59.8 Å². The first kappa shape index (κ1) is 13.8. The van der Waals surface area contributed by atoms with Crippen molar-refractivity contribution >= 4 is 0 Å². The molecule has 4 atom stereocenters. The average molecular weight is 222 g/mol. The van der Waals surface area contributed by atoms with Crippen LogP contribution < -0.4 is 0 Å². The van der Waals surface area contributed by atoms with Crippen molar-refractivity contribution in [3.05, 3.63) is 12.7 Å². The molecular formula is C16H30. The average Bonchev–Trinajstić information content (AvgIpc) is 2.26. The maximum Gasteiger partial charge on any atom is -0.0233 e. The minimum Gasteiger partial charge on any atom is -0.103 e. The third kappa shape index (κ3) is 3.96. The SMILES string of the molecule is C=CC1CCC(CCC(C)C(C)C)C(C)C1. The van der Waals surface area contributed by atoms with Gasteiger partial charge in [0.1, 0.15) is 0 Å². The first-order valence-electron chi connectivity index (χ1n) is 7.17. The molecule has 0 radical (unpaired) electrons. The van der Waals surface area contributed by atoms with Crippen LogP contribution in [0.2, 0.25) is 0 Å². The highest BCUT2D eigenvalue weighted by atomic mass is 14.3. The summed E-state index contributed by atoms with van der Waals surface area (Å²) in [5.41, 5.74) is 0. The second-order valence-corrected chi connectivity index (χ2v) is 6.34. The number of hydrogen-bond acceptors (Lipinski definition) is 0. The van der Waals surface area contributed by atoms with E-state index in [1.165, 1.54) is 32.1 Å². The molecule has 0 nitrogen and oxygen atoms in total.